The fourth-order valence-corrected chi connectivity index (χ4v) is 2.59. The number of ether oxygens (including phenoxy) is 1. The minimum atomic E-state index is -0.257. The Morgan fingerprint density at radius 3 is 3.06 bits per heavy atom. The summed E-state index contributed by atoms with van der Waals surface area (Å²) < 4.78 is 5.16. The van der Waals surface area contributed by atoms with E-state index < -0.39 is 0 Å². The van der Waals surface area contributed by atoms with Gasteiger partial charge in [0.2, 0.25) is 0 Å². The second-order valence-corrected chi connectivity index (χ2v) is 5.17. The quantitative estimate of drug-likeness (QED) is 0.382. The minimum absolute atomic E-state index is 0.163. The molecule has 1 N–H and O–H groups in total. The predicted molar refractivity (Wildman–Crippen MR) is 69.5 cm³/mol. The van der Waals surface area contributed by atoms with Crippen molar-refractivity contribution in [2.24, 2.45) is 5.92 Å². The number of hydrogen-bond acceptors (Lipinski definition) is 5. The first-order valence-corrected chi connectivity index (χ1v) is 6.56. The maximum absolute atomic E-state index is 11.3. The summed E-state index contributed by atoms with van der Waals surface area (Å²) in [5, 5.41) is 0.639. The van der Waals surface area contributed by atoms with E-state index in [-0.39, 0.29) is 17.4 Å². The van der Waals surface area contributed by atoms with Crippen LogP contribution >= 0.6 is 34.4 Å². The number of aromatic nitrogens is 2. The van der Waals surface area contributed by atoms with Crippen LogP contribution < -0.4 is 5.56 Å². The van der Waals surface area contributed by atoms with Crippen LogP contribution in [0, 0.1) is 9.49 Å². The number of thioether (sulfide) groups is 1. The normalized spacial score (nSPS) is 12.2. The monoisotopic (exact) mass is 354 g/mol. The van der Waals surface area contributed by atoms with Gasteiger partial charge >= 0.3 is 5.97 Å². The Kier molecular flexibility index (Phi) is 5.26. The van der Waals surface area contributed by atoms with E-state index in [1.165, 1.54) is 25.2 Å². The average Bonchev–Trinajstić information content (AvgIpc) is 2.29. The lowest BCUT2D eigenvalue weighted by Crippen LogP contribution is -2.16. The number of carbonyl (C=O) groups is 1. The first kappa shape index (κ1) is 13.5. The molecule has 16 heavy (non-hydrogen) atoms. The van der Waals surface area contributed by atoms with Gasteiger partial charge in [-0.2, -0.15) is 0 Å². The molecule has 0 spiro atoms. The molecule has 7 heteroatoms. The van der Waals surface area contributed by atoms with Gasteiger partial charge in [0.25, 0.3) is 5.56 Å². The molecule has 0 radical (unpaired) electrons. The van der Waals surface area contributed by atoms with Crippen molar-refractivity contribution in [1.29, 1.82) is 0 Å². The summed E-state index contributed by atoms with van der Waals surface area (Å²) in [5.41, 5.74) is -0.163. The third kappa shape index (κ3) is 3.48. The molecule has 0 aliphatic heterocycles. The smallest absolute Gasteiger partial charge is 0.309 e. The Hall–Kier alpha value is -0.570. The molecule has 0 aromatic carbocycles. The van der Waals surface area contributed by atoms with Crippen molar-refractivity contribution in [3.63, 3.8) is 0 Å². The molecule has 0 amide bonds. The number of nitrogens with one attached hydrogen (secondary N) is 1. The molecule has 1 aromatic heterocycles. The zero-order valence-corrected chi connectivity index (χ0v) is 11.8. The fraction of sp³-hybridized carbons (Fsp3) is 0.444. The van der Waals surface area contributed by atoms with Gasteiger partial charge in [0.1, 0.15) is 8.60 Å². The average molecular weight is 354 g/mol. The van der Waals surface area contributed by atoms with Gasteiger partial charge in [0.15, 0.2) is 0 Å². The third-order valence-electron chi connectivity index (χ3n) is 1.84. The lowest BCUT2D eigenvalue weighted by atomic mass is 10.2. The van der Waals surface area contributed by atoms with Crippen molar-refractivity contribution in [3.8, 4) is 0 Å². The molecule has 88 valence electrons. The largest absolute Gasteiger partial charge is 0.469 e. The molecule has 1 heterocycles. The van der Waals surface area contributed by atoms with Gasteiger partial charge in [-0.05, 0) is 22.6 Å². The van der Waals surface area contributed by atoms with Crippen molar-refractivity contribution < 1.29 is 9.53 Å². The zero-order valence-electron chi connectivity index (χ0n) is 8.82. The van der Waals surface area contributed by atoms with E-state index in [0.717, 1.165) is 0 Å². The fourth-order valence-electron chi connectivity index (χ4n) is 0.940. The number of H-pyrrole nitrogens is 1. The summed E-state index contributed by atoms with van der Waals surface area (Å²) in [6, 6.07) is 0. The number of nitrogens with zero attached hydrogens (tertiary/aromatic N) is 1. The number of hydrogen-bond donors (Lipinski definition) is 1. The Balaban J connectivity index is 2.65. The summed E-state index contributed by atoms with van der Waals surface area (Å²) >= 11 is 3.31. The van der Waals surface area contributed by atoms with Crippen LogP contribution in [0.3, 0.4) is 0 Å². The SMILES string of the molecule is COC(=O)C(C)CSc1nc[nH]c(=O)c1I. The Bertz CT molecular complexity index is 435. The molecule has 0 aliphatic rings. The van der Waals surface area contributed by atoms with E-state index >= 15 is 0 Å². The molecule has 1 unspecified atom stereocenters. The molecule has 0 bridgehead atoms. The first-order valence-electron chi connectivity index (χ1n) is 4.50. The van der Waals surface area contributed by atoms with Gasteiger partial charge in [0.05, 0.1) is 19.4 Å². The van der Waals surface area contributed by atoms with Gasteiger partial charge in [-0.25, -0.2) is 4.98 Å². The molecule has 1 rings (SSSR count). The van der Waals surface area contributed by atoms with E-state index in [4.69, 9.17) is 0 Å². The number of halogens is 1. The van der Waals surface area contributed by atoms with E-state index in [9.17, 15) is 9.59 Å². The lowest BCUT2D eigenvalue weighted by Gasteiger charge is -2.08. The number of methoxy groups -OCH3 is 1. The van der Waals surface area contributed by atoms with Crippen molar-refractivity contribution in [1.82, 2.24) is 9.97 Å². The summed E-state index contributed by atoms with van der Waals surface area (Å²) in [6.07, 6.45) is 1.36. The van der Waals surface area contributed by atoms with Crippen LogP contribution in [0.25, 0.3) is 0 Å². The predicted octanol–water partition coefficient (Wildman–Crippen LogP) is 1.28. The molecular formula is C9H11IN2O3S. The summed E-state index contributed by atoms with van der Waals surface area (Å²) in [6.45, 7) is 1.78. The van der Waals surface area contributed by atoms with Crippen LogP contribution in [0.2, 0.25) is 0 Å². The lowest BCUT2D eigenvalue weighted by molar-refractivity contribution is -0.143. The van der Waals surface area contributed by atoms with Crippen molar-refractivity contribution >= 4 is 40.3 Å². The van der Waals surface area contributed by atoms with E-state index in [1.54, 1.807) is 6.92 Å². The van der Waals surface area contributed by atoms with E-state index in [1.807, 2.05) is 22.6 Å². The molecule has 1 aromatic rings. The van der Waals surface area contributed by atoms with Gasteiger partial charge in [-0.1, -0.05) is 6.92 Å². The number of rotatable bonds is 4. The minimum Gasteiger partial charge on any atom is -0.469 e. The van der Waals surface area contributed by atoms with Crippen LogP contribution in [-0.2, 0) is 9.53 Å². The highest BCUT2D eigenvalue weighted by molar-refractivity contribution is 14.1. The maximum Gasteiger partial charge on any atom is 0.309 e. The van der Waals surface area contributed by atoms with Gasteiger partial charge in [-0.15, -0.1) is 11.8 Å². The standard InChI is InChI=1S/C9H11IN2O3S/c1-5(9(14)15-2)3-16-8-6(10)7(13)11-4-12-8/h4-5H,3H2,1-2H3,(H,11,12,13). The van der Waals surface area contributed by atoms with Crippen molar-refractivity contribution in [3.05, 3.63) is 20.3 Å². The topological polar surface area (TPSA) is 72.0 Å². The number of aromatic amines is 1. The Morgan fingerprint density at radius 1 is 1.75 bits per heavy atom. The van der Waals surface area contributed by atoms with Gasteiger partial charge in [-0.3, -0.25) is 9.59 Å². The van der Waals surface area contributed by atoms with Crippen molar-refractivity contribution in [2.45, 2.75) is 11.9 Å². The highest BCUT2D eigenvalue weighted by Gasteiger charge is 2.15. The molecule has 0 fully saturated rings. The van der Waals surface area contributed by atoms with Crippen molar-refractivity contribution in [2.75, 3.05) is 12.9 Å². The first-order chi connectivity index (χ1) is 7.56. The summed E-state index contributed by atoms with van der Waals surface area (Å²) in [5.74, 6) is 0.0679. The molecule has 0 saturated heterocycles. The van der Waals surface area contributed by atoms with E-state index in [2.05, 4.69) is 14.7 Å². The highest BCUT2D eigenvalue weighted by atomic mass is 127. The van der Waals surface area contributed by atoms with Gasteiger partial charge in [0, 0.05) is 5.75 Å². The molecule has 1 atom stereocenters. The summed E-state index contributed by atoms with van der Waals surface area (Å²) in [4.78, 5) is 29.0. The van der Waals surface area contributed by atoms with Crippen LogP contribution in [0.15, 0.2) is 16.1 Å². The zero-order chi connectivity index (χ0) is 12.1. The van der Waals surface area contributed by atoms with Crippen LogP contribution in [0.5, 0.6) is 0 Å². The van der Waals surface area contributed by atoms with Crippen LogP contribution in [0.1, 0.15) is 6.92 Å². The number of esters is 1. The second kappa shape index (κ2) is 6.24. The Morgan fingerprint density at radius 2 is 2.44 bits per heavy atom. The van der Waals surface area contributed by atoms with E-state index in [0.29, 0.717) is 14.3 Å². The second-order valence-electron chi connectivity index (χ2n) is 3.09. The Labute approximate surface area is 111 Å². The summed E-state index contributed by atoms with van der Waals surface area (Å²) in [7, 11) is 1.36. The number of carbonyl (C=O) groups excluding carboxylic acids is 1. The van der Waals surface area contributed by atoms with Crippen LogP contribution in [0.4, 0.5) is 0 Å². The molecular weight excluding hydrogens is 343 g/mol. The highest BCUT2D eigenvalue weighted by Crippen LogP contribution is 2.21. The van der Waals surface area contributed by atoms with Gasteiger partial charge < -0.3 is 9.72 Å². The molecule has 0 aliphatic carbocycles. The molecule has 5 nitrogen and oxygen atoms in total. The maximum atomic E-state index is 11.3. The van der Waals surface area contributed by atoms with Crippen LogP contribution in [-0.4, -0.2) is 28.8 Å². The third-order valence-corrected chi connectivity index (χ3v) is 4.45. The molecule has 0 saturated carbocycles.